The lowest BCUT2D eigenvalue weighted by molar-refractivity contribution is -0.615. The van der Waals surface area contributed by atoms with E-state index in [4.69, 9.17) is 11.6 Å². The van der Waals surface area contributed by atoms with Gasteiger partial charge in [0.05, 0.1) is 0 Å². The van der Waals surface area contributed by atoms with Gasteiger partial charge in [0, 0.05) is 6.42 Å². The summed E-state index contributed by atoms with van der Waals surface area (Å²) in [6.45, 7) is 0. The van der Waals surface area contributed by atoms with Gasteiger partial charge in [-0.25, -0.2) is 4.98 Å². The number of aryl methyl sites for hydroxylation is 1. The maximum Gasteiger partial charge on any atom is 0.218 e. The summed E-state index contributed by atoms with van der Waals surface area (Å²) >= 11 is 5.65. The van der Waals surface area contributed by atoms with Crippen LogP contribution in [0.3, 0.4) is 0 Å². The Kier molecular flexibility index (Phi) is 1.89. The summed E-state index contributed by atoms with van der Waals surface area (Å²) < 4.78 is 0.851. The van der Waals surface area contributed by atoms with Crippen LogP contribution in [0.2, 0.25) is 5.15 Å². The van der Waals surface area contributed by atoms with Gasteiger partial charge in [-0.2, -0.15) is 4.73 Å². The Morgan fingerprint density at radius 2 is 2.17 bits per heavy atom. The monoisotopic (exact) mass is 184 g/mol. The lowest BCUT2D eigenvalue weighted by Crippen LogP contribution is -2.35. The van der Waals surface area contributed by atoms with Gasteiger partial charge in [0.1, 0.15) is 5.69 Å². The zero-order valence-electron chi connectivity index (χ0n) is 6.59. The van der Waals surface area contributed by atoms with Crippen molar-refractivity contribution in [2.24, 2.45) is 0 Å². The number of hydrogen-bond donors (Lipinski definition) is 0. The quantitative estimate of drug-likeness (QED) is 0.450. The maximum atomic E-state index is 11.3. The standard InChI is InChI=1S/C8H9ClN2O/c9-8-5-11(12)7-4-2-1-3-6(7)10-8/h5H,1-4H2. The second kappa shape index (κ2) is 2.90. The van der Waals surface area contributed by atoms with Crippen molar-refractivity contribution >= 4 is 11.6 Å². The molecule has 0 fully saturated rings. The summed E-state index contributed by atoms with van der Waals surface area (Å²) in [6, 6.07) is 0. The average molecular weight is 185 g/mol. The Hall–Kier alpha value is -0.830. The number of halogens is 1. The second-order valence-corrected chi connectivity index (χ2v) is 3.38. The van der Waals surface area contributed by atoms with E-state index in [1.807, 2.05) is 0 Å². The first-order chi connectivity index (χ1) is 5.77. The van der Waals surface area contributed by atoms with Gasteiger partial charge in [-0.1, -0.05) is 11.6 Å². The Labute approximate surface area is 75.6 Å². The minimum Gasteiger partial charge on any atom is -0.618 e. The fourth-order valence-corrected chi connectivity index (χ4v) is 1.75. The normalized spacial score (nSPS) is 15.8. The first kappa shape index (κ1) is 7.80. The third-order valence-electron chi connectivity index (χ3n) is 2.14. The van der Waals surface area contributed by atoms with E-state index < -0.39 is 0 Å². The lowest BCUT2D eigenvalue weighted by atomic mass is 10.0. The van der Waals surface area contributed by atoms with Gasteiger partial charge in [0.2, 0.25) is 11.9 Å². The van der Waals surface area contributed by atoms with Crippen LogP contribution in [-0.2, 0) is 12.8 Å². The van der Waals surface area contributed by atoms with Crippen LogP contribution in [0.25, 0.3) is 0 Å². The van der Waals surface area contributed by atoms with Crippen molar-refractivity contribution in [3.8, 4) is 0 Å². The molecule has 0 amide bonds. The molecule has 0 saturated heterocycles. The zero-order chi connectivity index (χ0) is 8.55. The molecule has 1 aromatic rings. The number of rotatable bonds is 0. The molecule has 0 saturated carbocycles. The van der Waals surface area contributed by atoms with Gasteiger partial charge >= 0.3 is 0 Å². The highest BCUT2D eigenvalue weighted by Crippen LogP contribution is 2.17. The second-order valence-electron chi connectivity index (χ2n) is 2.99. The van der Waals surface area contributed by atoms with E-state index in [-0.39, 0.29) is 0 Å². The molecule has 1 aromatic heterocycles. The topological polar surface area (TPSA) is 39.8 Å². The van der Waals surface area contributed by atoms with Crippen LogP contribution in [0.1, 0.15) is 24.2 Å². The highest BCUT2D eigenvalue weighted by Gasteiger charge is 2.19. The molecule has 1 aliphatic rings. The van der Waals surface area contributed by atoms with Crippen molar-refractivity contribution in [2.75, 3.05) is 0 Å². The van der Waals surface area contributed by atoms with E-state index in [9.17, 15) is 5.21 Å². The SMILES string of the molecule is [O-][n+]1cc(Cl)nc2c1CCCC2. The fourth-order valence-electron chi connectivity index (χ4n) is 1.56. The molecule has 2 rings (SSSR count). The van der Waals surface area contributed by atoms with Crippen molar-refractivity contribution in [3.63, 3.8) is 0 Å². The molecule has 0 aliphatic heterocycles. The molecule has 0 spiro atoms. The fraction of sp³-hybridized carbons (Fsp3) is 0.500. The van der Waals surface area contributed by atoms with Crippen LogP contribution in [-0.4, -0.2) is 4.98 Å². The maximum absolute atomic E-state index is 11.3. The zero-order valence-corrected chi connectivity index (χ0v) is 7.34. The van der Waals surface area contributed by atoms with Gasteiger partial charge in [0.25, 0.3) is 0 Å². The lowest BCUT2D eigenvalue weighted by Gasteiger charge is -2.13. The Balaban J connectivity index is 2.53. The Morgan fingerprint density at radius 1 is 1.42 bits per heavy atom. The van der Waals surface area contributed by atoms with E-state index in [0.29, 0.717) is 5.15 Å². The highest BCUT2D eigenvalue weighted by molar-refractivity contribution is 6.29. The van der Waals surface area contributed by atoms with E-state index in [1.165, 1.54) is 6.20 Å². The molecule has 0 atom stereocenters. The average Bonchev–Trinajstić information content (AvgIpc) is 2.04. The minimum absolute atomic E-state index is 0.297. The molecule has 1 heterocycles. The number of aromatic nitrogens is 2. The molecule has 3 nitrogen and oxygen atoms in total. The van der Waals surface area contributed by atoms with Gasteiger partial charge in [-0.15, -0.1) is 0 Å². The van der Waals surface area contributed by atoms with Crippen LogP contribution in [0.5, 0.6) is 0 Å². The molecule has 4 heteroatoms. The van der Waals surface area contributed by atoms with E-state index in [2.05, 4.69) is 4.98 Å². The first-order valence-corrected chi connectivity index (χ1v) is 4.42. The van der Waals surface area contributed by atoms with Gasteiger partial charge in [0.15, 0.2) is 5.15 Å². The summed E-state index contributed by atoms with van der Waals surface area (Å²) in [4.78, 5) is 4.12. The van der Waals surface area contributed by atoms with E-state index in [1.54, 1.807) is 0 Å². The van der Waals surface area contributed by atoms with Crippen LogP contribution >= 0.6 is 11.6 Å². The van der Waals surface area contributed by atoms with Crippen molar-refractivity contribution < 1.29 is 4.73 Å². The summed E-state index contributed by atoms with van der Waals surface area (Å²) in [5.41, 5.74) is 1.68. The van der Waals surface area contributed by atoms with E-state index in [0.717, 1.165) is 41.8 Å². The number of nitrogens with zero attached hydrogens (tertiary/aromatic N) is 2. The molecule has 64 valence electrons. The van der Waals surface area contributed by atoms with Crippen molar-refractivity contribution in [1.29, 1.82) is 0 Å². The van der Waals surface area contributed by atoms with Gasteiger partial charge < -0.3 is 5.21 Å². The highest BCUT2D eigenvalue weighted by atomic mass is 35.5. The Morgan fingerprint density at radius 3 is 3.00 bits per heavy atom. The summed E-state index contributed by atoms with van der Waals surface area (Å²) in [5.74, 6) is 0. The summed E-state index contributed by atoms with van der Waals surface area (Å²) in [7, 11) is 0. The molecule has 0 unspecified atom stereocenters. The predicted octanol–water partition coefficient (Wildman–Crippen LogP) is 1.25. The van der Waals surface area contributed by atoms with Gasteiger partial charge in [-0.3, -0.25) is 0 Å². The third kappa shape index (κ3) is 1.25. The number of fused-ring (bicyclic) bond motifs is 1. The van der Waals surface area contributed by atoms with Crippen LogP contribution < -0.4 is 4.73 Å². The minimum atomic E-state index is 0.297. The first-order valence-electron chi connectivity index (χ1n) is 4.05. The van der Waals surface area contributed by atoms with Crippen molar-refractivity contribution in [3.05, 3.63) is 27.9 Å². The summed E-state index contributed by atoms with van der Waals surface area (Å²) in [5, 5.41) is 11.6. The summed E-state index contributed by atoms with van der Waals surface area (Å²) in [6.07, 6.45) is 5.24. The number of hydrogen-bond acceptors (Lipinski definition) is 2. The van der Waals surface area contributed by atoms with Crippen molar-refractivity contribution in [2.45, 2.75) is 25.7 Å². The largest absolute Gasteiger partial charge is 0.618 e. The van der Waals surface area contributed by atoms with Crippen LogP contribution in [0.15, 0.2) is 6.20 Å². The van der Waals surface area contributed by atoms with Crippen LogP contribution in [0.4, 0.5) is 0 Å². The smallest absolute Gasteiger partial charge is 0.218 e. The Bertz CT molecular complexity index is 314. The molecule has 0 N–H and O–H groups in total. The van der Waals surface area contributed by atoms with E-state index >= 15 is 0 Å². The molecule has 0 aromatic carbocycles. The molecule has 12 heavy (non-hydrogen) atoms. The van der Waals surface area contributed by atoms with Crippen molar-refractivity contribution in [1.82, 2.24) is 4.98 Å². The predicted molar refractivity (Wildman–Crippen MR) is 44.8 cm³/mol. The molecule has 0 radical (unpaired) electrons. The molecule has 0 bridgehead atoms. The molecule has 1 aliphatic carbocycles. The third-order valence-corrected chi connectivity index (χ3v) is 2.32. The van der Waals surface area contributed by atoms with Gasteiger partial charge in [-0.05, 0) is 19.3 Å². The molecular formula is C8H9ClN2O. The van der Waals surface area contributed by atoms with Crippen LogP contribution in [0, 0.1) is 5.21 Å². The molecular weight excluding hydrogens is 176 g/mol.